The first-order valence-electron chi connectivity index (χ1n) is 8.17. The maximum absolute atomic E-state index is 5.24. The molecule has 2 aromatic carbocycles. The van der Waals surface area contributed by atoms with Gasteiger partial charge in [-0.05, 0) is 44.5 Å². The van der Waals surface area contributed by atoms with Crippen molar-refractivity contribution >= 4 is 33.9 Å². The third-order valence-corrected chi connectivity index (χ3v) is 4.58. The second-order valence-corrected chi connectivity index (χ2v) is 5.99. The Morgan fingerprint density at radius 1 is 1.08 bits per heavy atom. The predicted octanol–water partition coefficient (Wildman–Crippen LogP) is 5.17. The van der Waals surface area contributed by atoms with Crippen molar-refractivity contribution in [2.45, 2.75) is 27.3 Å². The van der Waals surface area contributed by atoms with E-state index in [9.17, 15) is 0 Å². The van der Waals surface area contributed by atoms with Gasteiger partial charge in [-0.3, -0.25) is 0 Å². The minimum Gasteiger partial charge on any atom is -0.341 e. The predicted molar refractivity (Wildman–Crippen MR) is 98.3 cm³/mol. The Morgan fingerprint density at radius 3 is 2.62 bits per heavy atom. The van der Waals surface area contributed by atoms with Gasteiger partial charge in [0.1, 0.15) is 0 Å². The fourth-order valence-electron chi connectivity index (χ4n) is 3.15. The van der Waals surface area contributed by atoms with Crippen LogP contribution < -0.4 is 0 Å². The van der Waals surface area contributed by atoms with Crippen molar-refractivity contribution in [2.75, 3.05) is 0 Å². The Bertz CT molecular complexity index is 1070. The highest BCUT2D eigenvalue weighted by molar-refractivity contribution is 6.09. The molecule has 2 aromatic heterocycles. The first-order valence-corrected chi connectivity index (χ1v) is 8.17. The smallest absolute Gasteiger partial charge is 0.253 e. The largest absolute Gasteiger partial charge is 0.341 e. The molecule has 0 aliphatic heterocycles. The number of hydrogen-bond acceptors (Lipinski definition) is 3. The van der Waals surface area contributed by atoms with Crippen LogP contribution in [0.5, 0.6) is 0 Å². The van der Waals surface area contributed by atoms with E-state index in [0.29, 0.717) is 5.88 Å². The van der Waals surface area contributed by atoms with Gasteiger partial charge < -0.3 is 9.09 Å². The average Bonchev–Trinajstić information content (AvgIpc) is 3.10. The van der Waals surface area contributed by atoms with Crippen LogP contribution in [0.4, 0.5) is 5.88 Å². The van der Waals surface area contributed by atoms with Gasteiger partial charge >= 0.3 is 0 Å². The molecule has 0 aliphatic carbocycles. The molecule has 0 amide bonds. The van der Waals surface area contributed by atoms with E-state index >= 15 is 0 Å². The molecule has 0 atom stereocenters. The van der Waals surface area contributed by atoms with Gasteiger partial charge in [0.05, 0.1) is 5.69 Å². The molecule has 0 saturated heterocycles. The van der Waals surface area contributed by atoms with Crippen LogP contribution in [0, 0.1) is 13.8 Å². The van der Waals surface area contributed by atoms with Crippen molar-refractivity contribution in [2.24, 2.45) is 4.99 Å². The molecule has 0 saturated carbocycles. The zero-order valence-corrected chi connectivity index (χ0v) is 14.1. The fraction of sp³-hybridized carbons (Fsp3) is 0.200. The van der Waals surface area contributed by atoms with Crippen molar-refractivity contribution in [3.63, 3.8) is 0 Å². The molecule has 4 heteroatoms. The van der Waals surface area contributed by atoms with Crippen LogP contribution in [-0.4, -0.2) is 15.9 Å². The lowest BCUT2D eigenvalue weighted by molar-refractivity contribution is 0.425. The first-order chi connectivity index (χ1) is 11.7. The Morgan fingerprint density at radius 2 is 1.88 bits per heavy atom. The Balaban J connectivity index is 1.84. The summed E-state index contributed by atoms with van der Waals surface area (Å²) < 4.78 is 7.59. The second-order valence-electron chi connectivity index (χ2n) is 5.99. The molecular formula is C20H19N3O. The maximum atomic E-state index is 5.24. The van der Waals surface area contributed by atoms with E-state index in [0.717, 1.165) is 23.4 Å². The lowest BCUT2D eigenvalue weighted by Crippen LogP contribution is -1.92. The van der Waals surface area contributed by atoms with E-state index in [1.54, 1.807) is 0 Å². The molecule has 0 N–H and O–H groups in total. The summed E-state index contributed by atoms with van der Waals surface area (Å²) in [5, 5.41) is 6.47. The summed E-state index contributed by atoms with van der Waals surface area (Å²) in [4.78, 5) is 4.45. The lowest BCUT2D eigenvalue weighted by atomic mass is 10.1. The van der Waals surface area contributed by atoms with Crippen LogP contribution in [-0.2, 0) is 6.54 Å². The standard InChI is InChI=1S/C20H19N3O/c1-4-23-18-8-6-5-7-16(18)17-11-15(9-10-19(17)23)12-21-20-13(2)14(3)22-24-20/h5-12H,4H2,1-3H3. The number of para-hydroxylation sites is 1. The van der Waals surface area contributed by atoms with E-state index in [2.05, 4.69) is 64.1 Å². The fourth-order valence-corrected chi connectivity index (χ4v) is 3.15. The molecule has 0 spiro atoms. The average molecular weight is 317 g/mol. The Kier molecular flexibility index (Phi) is 3.45. The van der Waals surface area contributed by atoms with Gasteiger partial charge in [0.15, 0.2) is 0 Å². The van der Waals surface area contributed by atoms with Crippen LogP contribution in [0.2, 0.25) is 0 Å². The molecule has 4 aromatic rings. The zero-order chi connectivity index (χ0) is 16.7. The van der Waals surface area contributed by atoms with Crippen LogP contribution in [0.1, 0.15) is 23.7 Å². The minimum absolute atomic E-state index is 0.573. The van der Waals surface area contributed by atoms with E-state index in [1.165, 1.54) is 21.8 Å². The first kappa shape index (κ1) is 14.7. The summed E-state index contributed by atoms with van der Waals surface area (Å²) in [7, 11) is 0. The molecule has 24 heavy (non-hydrogen) atoms. The van der Waals surface area contributed by atoms with Crippen molar-refractivity contribution in [3.8, 4) is 0 Å². The summed E-state index contributed by atoms with van der Waals surface area (Å²) in [5.41, 5.74) is 5.43. The molecule has 0 fully saturated rings. The highest BCUT2D eigenvalue weighted by Crippen LogP contribution is 2.29. The maximum Gasteiger partial charge on any atom is 0.253 e. The van der Waals surface area contributed by atoms with E-state index in [-0.39, 0.29) is 0 Å². The normalized spacial score (nSPS) is 12.0. The molecule has 4 nitrogen and oxygen atoms in total. The van der Waals surface area contributed by atoms with Gasteiger partial charge in [0.25, 0.3) is 5.88 Å². The summed E-state index contributed by atoms with van der Waals surface area (Å²) >= 11 is 0. The summed E-state index contributed by atoms with van der Waals surface area (Å²) in [6.07, 6.45) is 1.84. The number of aliphatic imine (C=N–C) groups is 1. The molecular weight excluding hydrogens is 298 g/mol. The Hall–Kier alpha value is -2.88. The number of aryl methyl sites for hydroxylation is 2. The van der Waals surface area contributed by atoms with Crippen molar-refractivity contribution in [1.29, 1.82) is 0 Å². The molecule has 0 unspecified atom stereocenters. The van der Waals surface area contributed by atoms with Gasteiger partial charge in [0.2, 0.25) is 0 Å². The van der Waals surface area contributed by atoms with Gasteiger partial charge in [-0.15, -0.1) is 0 Å². The minimum atomic E-state index is 0.573. The SMILES string of the molecule is CCn1c2ccccc2c2cc(C=Nc3onc(C)c3C)ccc21. The third-order valence-electron chi connectivity index (χ3n) is 4.58. The molecule has 0 bridgehead atoms. The van der Waals surface area contributed by atoms with Gasteiger partial charge in [-0.2, -0.15) is 0 Å². The topological polar surface area (TPSA) is 43.3 Å². The van der Waals surface area contributed by atoms with E-state index < -0.39 is 0 Å². The molecule has 4 rings (SSSR count). The van der Waals surface area contributed by atoms with E-state index in [1.807, 2.05) is 20.1 Å². The lowest BCUT2D eigenvalue weighted by Gasteiger charge is -2.02. The number of rotatable bonds is 3. The van der Waals surface area contributed by atoms with Crippen LogP contribution in [0.3, 0.4) is 0 Å². The van der Waals surface area contributed by atoms with E-state index in [4.69, 9.17) is 4.52 Å². The van der Waals surface area contributed by atoms with Gasteiger partial charge in [0, 0.05) is 40.1 Å². The van der Waals surface area contributed by atoms with Gasteiger partial charge in [-0.1, -0.05) is 29.4 Å². The molecule has 2 heterocycles. The quantitative estimate of drug-likeness (QED) is 0.489. The van der Waals surface area contributed by atoms with Gasteiger partial charge in [-0.25, -0.2) is 4.99 Å². The molecule has 0 radical (unpaired) electrons. The Labute approximate surface area is 140 Å². The third kappa shape index (κ3) is 2.22. The zero-order valence-electron chi connectivity index (χ0n) is 14.1. The van der Waals surface area contributed by atoms with Crippen molar-refractivity contribution < 1.29 is 4.52 Å². The molecule has 120 valence electrons. The number of hydrogen-bond donors (Lipinski definition) is 0. The number of benzene rings is 2. The van der Waals surface area contributed by atoms with Crippen LogP contribution in [0.15, 0.2) is 52.0 Å². The van der Waals surface area contributed by atoms with Crippen LogP contribution >= 0.6 is 0 Å². The molecule has 0 aliphatic rings. The van der Waals surface area contributed by atoms with Crippen molar-refractivity contribution in [1.82, 2.24) is 9.72 Å². The number of aromatic nitrogens is 2. The van der Waals surface area contributed by atoms with Crippen LogP contribution in [0.25, 0.3) is 21.8 Å². The monoisotopic (exact) mass is 317 g/mol. The summed E-state index contributed by atoms with van der Waals surface area (Å²) in [6, 6.07) is 15.0. The number of fused-ring (bicyclic) bond motifs is 3. The summed E-state index contributed by atoms with van der Waals surface area (Å²) in [5.74, 6) is 0.573. The second kappa shape index (κ2) is 5.64. The highest BCUT2D eigenvalue weighted by Gasteiger charge is 2.09. The number of nitrogens with zero attached hydrogens (tertiary/aromatic N) is 3. The summed E-state index contributed by atoms with van der Waals surface area (Å²) in [6.45, 7) is 7.02. The highest BCUT2D eigenvalue weighted by atomic mass is 16.5. The van der Waals surface area contributed by atoms with Crippen molar-refractivity contribution in [3.05, 3.63) is 59.3 Å².